The van der Waals surface area contributed by atoms with Crippen LogP contribution in [-0.2, 0) is 21.4 Å². The molecule has 1 aliphatic rings. The molecule has 0 radical (unpaired) electrons. The van der Waals surface area contributed by atoms with E-state index in [1.165, 1.54) is 27.2 Å². The molecule has 1 aliphatic heterocycles. The zero-order chi connectivity index (χ0) is 21.8. The number of aromatic nitrogens is 2. The molecule has 1 amide bonds. The molecule has 2 aromatic carbocycles. The summed E-state index contributed by atoms with van der Waals surface area (Å²) in [6.07, 6.45) is 4.95. The summed E-state index contributed by atoms with van der Waals surface area (Å²) in [7, 11) is -3.62. The van der Waals surface area contributed by atoms with Crippen LogP contribution in [0.3, 0.4) is 0 Å². The fourth-order valence-corrected chi connectivity index (χ4v) is 5.35. The normalized spacial score (nSPS) is 15.5. The number of anilines is 1. The summed E-state index contributed by atoms with van der Waals surface area (Å²) in [4.78, 5) is 29.1. The Morgan fingerprint density at radius 2 is 1.74 bits per heavy atom. The molecule has 0 bridgehead atoms. The molecule has 162 valence electrons. The number of fused-ring (bicyclic) bond motifs is 1. The molecule has 0 atom stereocenters. The predicted molar refractivity (Wildman–Crippen MR) is 118 cm³/mol. The van der Waals surface area contributed by atoms with E-state index in [9.17, 15) is 18.0 Å². The lowest BCUT2D eigenvalue weighted by atomic mass is 10.2. The summed E-state index contributed by atoms with van der Waals surface area (Å²) in [5.74, 6) is -0.428. The Morgan fingerprint density at radius 1 is 1.00 bits per heavy atom. The molecule has 0 spiro atoms. The second kappa shape index (κ2) is 8.99. The highest BCUT2D eigenvalue weighted by molar-refractivity contribution is 7.89. The summed E-state index contributed by atoms with van der Waals surface area (Å²) in [6, 6.07) is 13.3. The highest BCUT2D eigenvalue weighted by Crippen LogP contribution is 2.22. The van der Waals surface area contributed by atoms with Gasteiger partial charge in [-0.15, -0.1) is 0 Å². The first-order valence-corrected chi connectivity index (χ1v) is 11.7. The van der Waals surface area contributed by atoms with E-state index in [4.69, 9.17) is 0 Å². The van der Waals surface area contributed by atoms with Gasteiger partial charge >= 0.3 is 0 Å². The van der Waals surface area contributed by atoms with Gasteiger partial charge in [-0.3, -0.25) is 14.2 Å². The molecule has 8 nitrogen and oxygen atoms in total. The van der Waals surface area contributed by atoms with Crippen molar-refractivity contribution in [2.75, 3.05) is 18.4 Å². The van der Waals surface area contributed by atoms with Crippen molar-refractivity contribution in [3.63, 3.8) is 0 Å². The number of para-hydroxylation sites is 2. The van der Waals surface area contributed by atoms with Crippen LogP contribution in [-0.4, -0.2) is 41.3 Å². The van der Waals surface area contributed by atoms with Gasteiger partial charge < -0.3 is 5.32 Å². The molecule has 2 heterocycles. The maximum atomic E-state index is 13.0. The van der Waals surface area contributed by atoms with Gasteiger partial charge in [0.15, 0.2) is 0 Å². The number of sulfonamides is 1. The number of carbonyl (C=O) groups excluding carboxylic acids is 1. The minimum atomic E-state index is -3.62. The Morgan fingerprint density at radius 3 is 2.52 bits per heavy atom. The van der Waals surface area contributed by atoms with Crippen molar-refractivity contribution in [2.45, 2.75) is 37.1 Å². The van der Waals surface area contributed by atoms with Gasteiger partial charge in [0.25, 0.3) is 5.56 Å². The van der Waals surface area contributed by atoms with Gasteiger partial charge in [-0.05, 0) is 43.2 Å². The third-order valence-corrected chi connectivity index (χ3v) is 7.27. The number of carbonyl (C=O) groups is 1. The lowest BCUT2D eigenvalue weighted by molar-refractivity contribution is -0.116. The Balaban J connectivity index is 1.54. The van der Waals surface area contributed by atoms with E-state index in [0.29, 0.717) is 29.8 Å². The summed E-state index contributed by atoms with van der Waals surface area (Å²) in [5, 5.41) is 2.71. The van der Waals surface area contributed by atoms with Crippen LogP contribution in [0.25, 0.3) is 11.0 Å². The van der Waals surface area contributed by atoms with E-state index in [0.717, 1.165) is 25.7 Å². The fraction of sp³-hybridized carbons (Fsp3) is 0.318. The van der Waals surface area contributed by atoms with Crippen LogP contribution in [0.5, 0.6) is 0 Å². The number of nitrogens with one attached hydrogen (secondary N) is 1. The minimum Gasteiger partial charge on any atom is -0.324 e. The highest BCUT2D eigenvalue weighted by Gasteiger charge is 2.25. The summed E-state index contributed by atoms with van der Waals surface area (Å²) in [5.41, 5.74) is 1.15. The van der Waals surface area contributed by atoms with Crippen LogP contribution in [0, 0.1) is 0 Å². The third-order valence-electron chi connectivity index (χ3n) is 5.37. The van der Waals surface area contributed by atoms with Gasteiger partial charge in [0.1, 0.15) is 6.54 Å². The fourth-order valence-electron chi connectivity index (χ4n) is 3.79. The molecule has 31 heavy (non-hydrogen) atoms. The standard InChI is InChI=1S/C22H24N4O4S/c27-21(16-26-20-11-4-3-10-19(20)23-15-22(26)28)24-17-8-7-9-18(14-17)31(29,30)25-12-5-1-2-6-13-25/h3-4,7-11,14-15H,1-2,5-6,12-13,16H2,(H,24,27). The maximum Gasteiger partial charge on any atom is 0.269 e. The SMILES string of the molecule is O=C(Cn1c(=O)cnc2ccccc21)Nc1cccc(S(=O)(=O)N2CCCCCC2)c1. The summed E-state index contributed by atoms with van der Waals surface area (Å²) >= 11 is 0. The molecule has 0 aliphatic carbocycles. The van der Waals surface area contributed by atoms with Gasteiger partial charge in [-0.25, -0.2) is 13.4 Å². The number of hydrogen-bond acceptors (Lipinski definition) is 5. The maximum absolute atomic E-state index is 13.0. The van der Waals surface area contributed by atoms with Crippen molar-refractivity contribution in [1.82, 2.24) is 13.9 Å². The number of benzene rings is 2. The van der Waals surface area contributed by atoms with Gasteiger partial charge in [-0.1, -0.05) is 31.0 Å². The number of nitrogens with zero attached hydrogens (tertiary/aromatic N) is 3. The molecular weight excluding hydrogens is 416 g/mol. The van der Waals surface area contributed by atoms with Gasteiger partial charge in [0, 0.05) is 18.8 Å². The second-order valence-electron chi connectivity index (χ2n) is 7.57. The van der Waals surface area contributed by atoms with E-state index in [-0.39, 0.29) is 17.0 Å². The molecule has 0 saturated carbocycles. The monoisotopic (exact) mass is 440 g/mol. The first-order valence-electron chi connectivity index (χ1n) is 10.3. The van der Waals surface area contributed by atoms with Crippen molar-refractivity contribution >= 4 is 32.7 Å². The van der Waals surface area contributed by atoms with Crippen molar-refractivity contribution in [3.05, 3.63) is 65.1 Å². The van der Waals surface area contributed by atoms with Crippen molar-refractivity contribution in [3.8, 4) is 0 Å². The molecule has 1 aromatic heterocycles. The zero-order valence-electron chi connectivity index (χ0n) is 17.0. The molecule has 3 aromatic rings. The minimum absolute atomic E-state index is 0.152. The molecule has 1 saturated heterocycles. The van der Waals surface area contributed by atoms with Crippen LogP contribution in [0.1, 0.15) is 25.7 Å². The molecule has 0 unspecified atom stereocenters. The average Bonchev–Trinajstić information content (AvgIpc) is 3.06. The number of rotatable bonds is 5. The Hall–Kier alpha value is -3.04. The topological polar surface area (TPSA) is 101 Å². The quantitative estimate of drug-likeness (QED) is 0.657. The van der Waals surface area contributed by atoms with Crippen LogP contribution < -0.4 is 10.9 Å². The molecule has 1 fully saturated rings. The first kappa shape index (κ1) is 21.2. The zero-order valence-corrected chi connectivity index (χ0v) is 17.8. The molecule has 9 heteroatoms. The third kappa shape index (κ3) is 4.67. The smallest absolute Gasteiger partial charge is 0.269 e. The Kier molecular flexibility index (Phi) is 6.15. The predicted octanol–water partition coefficient (Wildman–Crippen LogP) is 2.60. The van der Waals surface area contributed by atoms with E-state index in [1.807, 2.05) is 0 Å². The Bertz CT molecular complexity index is 1260. The number of amides is 1. The first-order chi connectivity index (χ1) is 14.9. The highest BCUT2D eigenvalue weighted by atomic mass is 32.2. The average molecular weight is 441 g/mol. The Labute approximate surface area is 180 Å². The second-order valence-corrected chi connectivity index (χ2v) is 9.50. The van der Waals surface area contributed by atoms with Crippen molar-refractivity contribution in [2.24, 2.45) is 0 Å². The summed E-state index contributed by atoms with van der Waals surface area (Å²) < 4.78 is 28.9. The van der Waals surface area contributed by atoms with E-state index in [2.05, 4.69) is 10.3 Å². The lowest BCUT2D eigenvalue weighted by Crippen LogP contribution is -2.32. The van der Waals surface area contributed by atoms with Gasteiger partial charge in [0.05, 0.1) is 22.1 Å². The number of hydrogen-bond donors (Lipinski definition) is 1. The van der Waals surface area contributed by atoms with Crippen molar-refractivity contribution < 1.29 is 13.2 Å². The van der Waals surface area contributed by atoms with Crippen LogP contribution in [0.2, 0.25) is 0 Å². The van der Waals surface area contributed by atoms with Gasteiger partial charge in [0.2, 0.25) is 15.9 Å². The van der Waals surface area contributed by atoms with E-state index >= 15 is 0 Å². The van der Waals surface area contributed by atoms with E-state index < -0.39 is 15.9 Å². The van der Waals surface area contributed by atoms with Crippen molar-refractivity contribution in [1.29, 1.82) is 0 Å². The molecule has 1 N–H and O–H groups in total. The van der Waals surface area contributed by atoms with Crippen LogP contribution in [0.15, 0.2) is 64.4 Å². The van der Waals surface area contributed by atoms with Crippen LogP contribution >= 0.6 is 0 Å². The molecular formula is C22H24N4O4S. The van der Waals surface area contributed by atoms with Gasteiger partial charge in [-0.2, -0.15) is 4.31 Å². The molecule has 4 rings (SSSR count). The van der Waals surface area contributed by atoms with Crippen LogP contribution in [0.4, 0.5) is 5.69 Å². The lowest BCUT2D eigenvalue weighted by Gasteiger charge is -2.20. The summed E-state index contributed by atoms with van der Waals surface area (Å²) in [6.45, 7) is 0.818. The largest absolute Gasteiger partial charge is 0.324 e. The van der Waals surface area contributed by atoms with E-state index in [1.54, 1.807) is 36.4 Å².